The van der Waals surface area contributed by atoms with E-state index in [4.69, 9.17) is 0 Å². The molecule has 0 saturated carbocycles. The summed E-state index contributed by atoms with van der Waals surface area (Å²) < 4.78 is 2.00. The fraction of sp³-hybridized carbons (Fsp3) is 0.571. The first-order valence-electron chi connectivity index (χ1n) is 3.64. The Morgan fingerprint density at radius 2 is 2.70 bits per heavy atom. The summed E-state index contributed by atoms with van der Waals surface area (Å²) in [6.07, 6.45) is 3.01. The van der Waals surface area contributed by atoms with Gasteiger partial charge in [-0.25, -0.2) is 4.68 Å². The van der Waals surface area contributed by atoms with Gasteiger partial charge in [-0.3, -0.25) is 0 Å². The van der Waals surface area contributed by atoms with E-state index in [-0.39, 0.29) is 0 Å². The molecule has 2 rings (SSSR count). The molecule has 2 heterocycles. The second kappa shape index (κ2) is 2.01. The molecule has 0 fully saturated rings. The van der Waals surface area contributed by atoms with E-state index in [1.165, 1.54) is 6.42 Å². The lowest BCUT2D eigenvalue weighted by atomic mass is 10.2. The molecule has 1 aliphatic rings. The number of aryl methyl sites for hydroxylation is 1. The minimum atomic E-state index is 0.601. The highest BCUT2D eigenvalue weighted by Gasteiger charge is 2.12. The van der Waals surface area contributed by atoms with Gasteiger partial charge in [-0.2, -0.15) is 5.10 Å². The van der Waals surface area contributed by atoms with Crippen LogP contribution in [0.2, 0.25) is 0 Å². The molecule has 0 saturated heterocycles. The molecule has 0 aromatic carbocycles. The molecular weight excluding hydrogens is 126 g/mol. The van der Waals surface area contributed by atoms with Gasteiger partial charge < -0.3 is 5.32 Å². The maximum Gasteiger partial charge on any atom is 0.124 e. The van der Waals surface area contributed by atoms with Crippen molar-refractivity contribution in [3.8, 4) is 0 Å². The normalized spacial score (nSPS) is 23.5. The molecule has 0 spiro atoms. The van der Waals surface area contributed by atoms with Gasteiger partial charge in [-0.15, -0.1) is 0 Å². The monoisotopic (exact) mass is 137 g/mol. The zero-order valence-corrected chi connectivity index (χ0v) is 6.04. The third kappa shape index (κ3) is 0.781. The van der Waals surface area contributed by atoms with E-state index in [0.29, 0.717) is 6.04 Å². The van der Waals surface area contributed by atoms with Gasteiger partial charge in [0.25, 0.3) is 0 Å². The van der Waals surface area contributed by atoms with Crippen LogP contribution in [0.1, 0.15) is 13.3 Å². The van der Waals surface area contributed by atoms with E-state index >= 15 is 0 Å². The number of nitrogens with zero attached hydrogens (tertiary/aromatic N) is 2. The SMILES string of the molecule is C[C@@H]1CCn2nccc2N1. The average Bonchev–Trinajstić information content (AvgIpc) is 2.33. The van der Waals surface area contributed by atoms with Gasteiger partial charge in [-0.05, 0) is 13.3 Å². The molecule has 0 amide bonds. The van der Waals surface area contributed by atoms with Crippen molar-refractivity contribution in [3.63, 3.8) is 0 Å². The van der Waals surface area contributed by atoms with E-state index in [1.807, 2.05) is 16.9 Å². The van der Waals surface area contributed by atoms with Crippen LogP contribution in [0.25, 0.3) is 0 Å². The minimum Gasteiger partial charge on any atom is -0.368 e. The summed E-state index contributed by atoms with van der Waals surface area (Å²) in [6, 6.07) is 2.61. The zero-order valence-electron chi connectivity index (χ0n) is 6.04. The second-order valence-electron chi connectivity index (χ2n) is 2.77. The molecule has 54 valence electrons. The van der Waals surface area contributed by atoms with Gasteiger partial charge in [0.1, 0.15) is 5.82 Å². The summed E-state index contributed by atoms with van der Waals surface area (Å²) in [6.45, 7) is 3.24. The first-order valence-corrected chi connectivity index (χ1v) is 3.64. The average molecular weight is 137 g/mol. The number of nitrogens with one attached hydrogen (secondary N) is 1. The predicted octanol–water partition coefficient (Wildman–Crippen LogP) is 1.09. The van der Waals surface area contributed by atoms with Crippen molar-refractivity contribution in [1.82, 2.24) is 9.78 Å². The van der Waals surface area contributed by atoms with Crippen LogP contribution in [0.3, 0.4) is 0 Å². The van der Waals surface area contributed by atoms with Crippen LogP contribution in [0.5, 0.6) is 0 Å². The first kappa shape index (κ1) is 5.77. The van der Waals surface area contributed by atoms with Crippen molar-refractivity contribution in [2.45, 2.75) is 25.9 Å². The number of anilines is 1. The molecule has 0 bridgehead atoms. The highest BCUT2D eigenvalue weighted by atomic mass is 15.3. The fourth-order valence-corrected chi connectivity index (χ4v) is 1.27. The molecule has 1 aromatic heterocycles. The van der Waals surface area contributed by atoms with E-state index in [0.717, 1.165) is 12.4 Å². The van der Waals surface area contributed by atoms with Gasteiger partial charge in [0.05, 0.1) is 6.20 Å². The number of hydrogen-bond acceptors (Lipinski definition) is 2. The first-order chi connectivity index (χ1) is 4.86. The van der Waals surface area contributed by atoms with Crippen LogP contribution < -0.4 is 5.32 Å². The molecule has 1 atom stereocenters. The maximum atomic E-state index is 4.15. The standard InChI is InChI=1S/C7H11N3/c1-6-3-5-10-7(9-6)2-4-8-10/h2,4,6,9H,3,5H2,1H3/t6-/m1/s1. The molecule has 0 unspecified atom stereocenters. The van der Waals surface area contributed by atoms with Crippen LogP contribution in [0.4, 0.5) is 5.82 Å². The molecular formula is C7H11N3. The number of fused-ring (bicyclic) bond motifs is 1. The summed E-state index contributed by atoms with van der Waals surface area (Å²) >= 11 is 0. The minimum absolute atomic E-state index is 0.601. The van der Waals surface area contributed by atoms with E-state index in [9.17, 15) is 0 Å². The van der Waals surface area contributed by atoms with Crippen LogP contribution in [0, 0.1) is 0 Å². The predicted molar refractivity (Wildman–Crippen MR) is 39.9 cm³/mol. The third-order valence-electron chi connectivity index (χ3n) is 1.88. The number of aromatic nitrogens is 2. The number of hydrogen-bond donors (Lipinski definition) is 1. The summed E-state index contributed by atoms with van der Waals surface area (Å²) in [5, 5.41) is 7.49. The van der Waals surface area contributed by atoms with Crippen LogP contribution in [-0.4, -0.2) is 15.8 Å². The van der Waals surface area contributed by atoms with Crippen LogP contribution >= 0.6 is 0 Å². The lowest BCUT2D eigenvalue weighted by Crippen LogP contribution is -2.25. The quantitative estimate of drug-likeness (QED) is 0.580. The zero-order chi connectivity index (χ0) is 6.97. The Kier molecular flexibility index (Phi) is 1.16. The van der Waals surface area contributed by atoms with Gasteiger partial charge >= 0.3 is 0 Å². The van der Waals surface area contributed by atoms with Crippen molar-refractivity contribution in [2.24, 2.45) is 0 Å². The molecule has 0 aliphatic carbocycles. The highest BCUT2D eigenvalue weighted by molar-refractivity contribution is 5.36. The van der Waals surface area contributed by atoms with E-state index in [2.05, 4.69) is 17.3 Å². The summed E-state index contributed by atoms with van der Waals surface area (Å²) in [5.41, 5.74) is 0. The molecule has 1 aromatic rings. The van der Waals surface area contributed by atoms with Crippen molar-refractivity contribution in [3.05, 3.63) is 12.3 Å². The van der Waals surface area contributed by atoms with Gasteiger partial charge in [0.15, 0.2) is 0 Å². The molecule has 1 N–H and O–H groups in total. The Morgan fingerprint density at radius 3 is 3.60 bits per heavy atom. The Bertz CT molecular complexity index is 229. The second-order valence-corrected chi connectivity index (χ2v) is 2.77. The van der Waals surface area contributed by atoms with Crippen molar-refractivity contribution >= 4 is 5.82 Å². The van der Waals surface area contributed by atoms with Crippen molar-refractivity contribution in [2.75, 3.05) is 5.32 Å². The largest absolute Gasteiger partial charge is 0.368 e. The van der Waals surface area contributed by atoms with Gasteiger partial charge in [0.2, 0.25) is 0 Å². The van der Waals surface area contributed by atoms with Gasteiger partial charge in [-0.1, -0.05) is 0 Å². The summed E-state index contributed by atoms with van der Waals surface area (Å²) in [5.74, 6) is 1.15. The maximum absolute atomic E-state index is 4.15. The van der Waals surface area contributed by atoms with Crippen molar-refractivity contribution < 1.29 is 0 Å². The smallest absolute Gasteiger partial charge is 0.124 e. The van der Waals surface area contributed by atoms with E-state index in [1.54, 1.807) is 0 Å². The van der Waals surface area contributed by atoms with Crippen molar-refractivity contribution in [1.29, 1.82) is 0 Å². The Hall–Kier alpha value is -0.990. The fourth-order valence-electron chi connectivity index (χ4n) is 1.27. The molecule has 3 nitrogen and oxygen atoms in total. The summed E-state index contributed by atoms with van der Waals surface area (Å²) in [7, 11) is 0. The van der Waals surface area contributed by atoms with Crippen LogP contribution in [0.15, 0.2) is 12.3 Å². The number of rotatable bonds is 0. The topological polar surface area (TPSA) is 29.9 Å². The Morgan fingerprint density at radius 1 is 1.80 bits per heavy atom. The molecule has 1 aliphatic heterocycles. The Balaban J connectivity index is 2.30. The van der Waals surface area contributed by atoms with Gasteiger partial charge in [0, 0.05) is 18.7 Å². The molecule has 0 radical (unpaired) electrons. The summed E-state index contributed by atoms with van der Waals surface area (Å²) in [4.78, 5) is 0. The molecule has 3 heteroatoms. The third-order valence-corrected chi connectivity index (χ3v) is 1.88. The lowest BCUT2D eigenvalue weighted by molar-refractivity contribution is 0.512. The van der Waals surface area contributed by atoms with Crippen LogP contribution in [-0.2, 0) is 6.54 Å². The Labute approximate surface area is 60.0 Å². The van der Waals surface area contributed by atoms with E-state index < -0.39 is 0 Å². The lowest BCUT2D eigenvalue weighted by Gasteiger charge is -2.21. The highest BCUT2D eigenvalue weighted by Crippen LogP contribution is 2.15. The molecule has 10 heavy (non-hydrogen) atoms.